The minimum Gasteiger partial charge on any atom is -0.494 e. The summed E-state index contributed by atoms with van der Waals surface area (Å²) in [6.07, 6.45) is 3.44. The van der Waals surface area contributed by atoms with Crippen molar-refractivity contribution in [3.63, 3.8) is 0 Å². The van der Waals surface area contributed by atoms with Gasteiger partial charge in [0.2, 0.25) is 5.91 Å². The van der Waals surface area contributed by atoms with Gasteiger partial charge in [-0.3, -0.25) is 4.79 Å². The van der Waals surface area contributed by atoms with E-state index in [9.17, 15) is 4.79 Å². The topological polar surface area (TPSA) is 64.1 Å². The van der Waals surface area contributed by atoms with Crippen LogP contribution in [0.3, 0.4) is 0 Å². The molecule has 1 heterocycles. The van der Waals surface area contributed by atoms with Crippen molar-refractivity contribution >= 4 is 23.4 Å². The number of amides is 1. The second-order valence-electron chi connectivity index (χ2n) is 6.85. The van der Waals surface area contributed by atoms with Gasteiger partial charge in [0.15, 0.2) is 0 Å². The Morgan fingerprint density at radius 1 is 0.967 bits per heavy atom. The van der Waals surface area contributed by atoms with Gasteiger partial charge in [0.25, 0.3) is 0 Å². The van der Waals surface area contributed by atoms with Gasteiger partial charge in [-0.15, -0.1) is 10.2 Å². The number of rotatable bonds is 10. The summed E-state index contributed by atoms with van der Waals surface area (Å²) in [4.78, 5) is 12.2. The van der Waals surface area contributed by atoms with Crippen molar-refractivity contribution < 1.29 is 9.53 Å². The van der Waals surface area contributed by atoms with Crippen LogP contribution < -0.4 is 10.1 Å². The Balaban J connectivity index is 1.49. The molecule has 0 atom stereocenters. The van der Waals surface area contributed by atoms with Crippen LogP contribution in [0.4, 0.5) is 5.69 Å². The minimum atomic E-state index is -0.0568. The number of anilines is 1. The Morgan fingerprint density at radius 3 is 2.37 bits per heavy atom. The molecule has 1 N–H and O–H groups in total. The SMILES string of the molecule is CCCCc1ccc(NC(=O)CSc2ccc(-c3ccc(OCC)cc3)nn2)cc1. The molecule has 0 unspecified atom stereocenters. The first-order chi connectivity index (χ1) is 14.7. The minimum absolute atomic E-state index is 0.0568. The molecule has 156 valence electrons. The molecule has 5 nitrogen and oxygen atoms in total. The first-order valence-corrected chi connectivity index (χ1v) is 11.2. The Bertz CT molecular complexity index is 926. The molecule has 0 aliphatic carbocycles. The van der Waals surface area contributed by atoms with Gasteiger partial charge in [0.05, 0.1) is 18.1 Å². The number of aromatic nitrogens is 2. The van der Waals surface area contributed by atoms with Crippen molar-refractivity contribution in [2.75, 3.05) is 17.7 Å². The molecule has 0 bridgehead atoms. The number of thioether (sulfide) groups is 1. The molecule has 1 aromatic heterocycles. The molecule has 0 fully saturated rings. The predicted octanol–water partition coefficient (Wildman–Crippen LogP) is 5.62. The number of nitrogens with zero attached hydrogens (tertiary/aromatic N) is 2. The van der Waals surface area contributed by atoms with Gasteiger partial charge in [-0.2, -0.15) is 0 Å². The zero-order valence-corrected chi connectivity index (χ0v) is 18.2. The Hall–Kier alpha value is -2.86. The molecular weight excluding hydrogens is 394 g/mol. The van der Waals surface area contributed by atoms with E-state index < -0.39 is 0 Å². The van der Waals surface area contributed by atoms with E-state index >= 15 is 0 Å². The largest absolute Gasteiger partial charge is 0.494 e. The molecule has 2 aromatic carbocycles. The molecule has 0 saturated heterocycles. The summed E-state index contributed by atoms with van der Waals surface area (Å²) in [5.41, 5.74) is 3.88. The van der Waals surface area contributed by atoms with Crippen molar-refractivity contribution in [1.29, 1.82) is 0 Å². The highest BCUT2D eigenvalue weighted by molar-refractivity contribution is 7.99. The number of hydrogen-bond acceptors (Lipinski definition) is 5. The fourth-order valence-corrected chi connectivity index (χ4v) is 3.53. The van der Waals surface area contributed by atoms with Crippen LogP contribution in [0, 0.1) is 0 Å². The Morgan fingerprint density at radius 2 is 1.73 bits per heavy atom. The summed E-state index contributed by atoms with van der Waals surface area (Å²) in [5.74, 6) is 1.07. The lowest BCUT2D eigenvalue weighted by molar-refractivity contribution is -0.113. The number of ether oxygens (including phenoxy) is 1. The summed E-state index contributed by atoms with van der Waals surface area (Å²) >= 11 is 1.37. The molecule has 6 heteroatoms. The third-order valence-electron chi connectivity index (χ3n) is 4.51. The Kier molecular flexibility index (Phi) is 8.27. The second kappa shape index (κ2) is 11.4. The number of hydrogen-bond donors (Lipinski definition) is 1. The van der Waals surface area contributed by atoms with Crippen LogP contribution in [0.15, 0.2) is 65.7 Å². The van der Waals surface area contributed by atoms with Gasteiger partial charge in [-0.1, -0.05) is 37.2 Å². The standard InChI is InChI=1S/C24H27N3O2S/c1-3-5-6-18-7-11-20(12-8-18)25-23(28)17-30-24-16-15-22(26-27-24)19-9-13-21(14-10-19)29-4-2/h7-16H,3-6,17H2,1-2H3,(H,25,28). The van der Waals surface area contributed by atoms with Crippen LogP contribution in [0.25, 0.3) is 11.3 Å². The highest BCUT2D eigenvalue weighted by atomic mass is 32.2. The maximum absolute atomic E-state index is 12.2. The fourth-order valence-electron chi connectivity index (χ4n) is 2.91. The van der Waals surface area contributed by atoms with E-state index in [1.165, 1.54) is 30.2 Å². The van der Waals surface area contributed by atoms with Crippen LogP contribution in [0.2, 0.25) is 0 Å². The second-order valence-corrected chi connectivity index (χ2v) is 7.85. The van der Waals surface area contributed by atoms with Gasteiger partial charge >= 0.3 is 0 Å². The van der Waals surface area contributed by atoms with Crippen molar-refractivity contribution in [3.05, 3.63) is 66.2 Å². The molecule has 3 rings (SSSR count). The molecule has 1 amide bonds. The van der Waals surface area contributed by atoms with Crippen LogP contribution >= 0.6 is 11.8 Å². The zero-order chi connectivity index (χ0) is 21.2. The molecule has 0 spiro atoms. The van der Waals surface area contributed by atoms with E-state index in [1.807, 2.05) is 55.5 Å². The number of carbonyl (C=O) groups is 1. The van der Waals surface area contributed by atoms with Gasteiger partial charge in [-0.05, 0) is 73.9 Å². The number of nitrogens with one attached hydrogen (secondary N) is 1. The number of benzene rings is 2. The first-order valence-electron chi connectivity index (χ1n) is 10.3. The van der Waals surface area contributed by atoms with Gasteiger partial charge < -0.3 is 10.1 Å². The van der Waals surface area contributed by atoms with Crippen molar-refractivity contribution in [2.45, 2.75) is 38.1 Å². The lowest BCUT2D eigenvalue weighted by Crippen LogP contribution is -2.14. The van der Waals surface area contributed by atoms with Crippen molar-refractivity contribution in [3.8, 4) is 17.0 Å². The average Bonchev–Trinajstić information content (AvgIpc) is 2.78. The normalized spacial score (nSPS) is 10.6. The molecule has 0 saturated carbocycles. The monoisotopic (exact) mass is 421 g/mol. The summed E-state index contributed by atoms with van der Waals surface area (Å²) in [6.45, 7) is 4.79. The van der Waals surface area contributed by atoms with E-state index in [2.05, 4.69) is 34.6 Å². The fraction of sp³-hybridized carbons (Fsp3) is 0.292. The van der Waals surface area contributed by atoms with Crippen LogP contribution in [0.5, 0.6) is 5.75 Å². The Labute approximate surface area is 182 Å². The summed E-state index contributed by atoms with van der Waals surface area (Å²) < 4.78 is 5.46. The average molecular weight is 422 g/mol. The van der Waals surface area contributed by atoms with E-state index in [4.69, 9.17) is 4.74 Å². The maximum atomic E-state index is 12.2. The third-order valence-corrected chi connectivity index (χ3v) is 5.43. The highest BCUT2D eigenvalue weighted by Gasteiger charge is 2.07. The van der Waals surface area contributed by atoms with Gasteiger partial charge in [-0.25, -0.2) is 0 Å². The van der Waals surface area contributed by atoms with Gasteiger partial charge in [0, 0.05) is 11.3 Å². The molecule has 30 heavy (non-hydrogen) atoms. The molecule has 0 radical (unpaired) electrons. The van der Waals surface area contributed by atoms with Crippen LogP contribution in [-0.4, -0.2) is 28.5 Å². The van der Waals surface area contributed by atoms with Crippen molar-refractivity contribution in [1.82, 2.24) is 10.2 Å². The van der Waals surface area contributed by atoms with Gasteiger partial charge in [0.1, 0.15) is 10.8 Å². The molecule has 0 aliphatic rings. The summed E-state index contributed by atoms with van der Waals surface area (Å²) in [5, 5.41) is 12.2. The molecule has 3 aromatic rings. The highest BCUT2D eigenvalue weighted by Crippen LogP contribution is 2.22. The van der Waals surface area contributed by atoms with Crippen molar-refractivity contribution in [2.24, 2.45) is 0 Å². The number of carbonyl (C=O) groups excluding carboxylic acids is 1. The van der Waals surface area contributed by atoms with Crippen LogP contribution in [-0.2, 0) is 11.2 Å². The smallest absolute Gasteiger partial charge is 0.234 e. The number of aryl methyl sites for hydroxylation is 1. The third kappa shape index (κ3) is 6.59. The number of unbranched alkanes of at least 4 members (excludes halogenated alkanes) is 1. The lowest BCUT2D eigenvalue weighted by Gasteiger charge is -2.07. The maximum Gasteiger partial charge on any atom is 0.234 e. The molecular formula is C24H27N3O2S. The lowest BCUT2D eigenvalue weighted by atomic mass is 10.1. The van der Waals surface area contributed by atoms with E-state index in [1.54, 1.807) is 0 Å². The molecule has 0 aliphatic heterocycles. The van der Waals surface area contributed by atoms with E-state index in [0.29, 0.717) is 6.61 Å². The predicted molar refractivity (Wildman–Crippen MR) is 123 cm³/mol. The van der Waals surface area contributed by atoms with Crippen LogP contribution in [0.1, 0.15) is 32.3 Å². The first kappa shape index (κ1) is 21.8. The van der Waals surface area contributed by atoms with E-state index in [-0.39, 0.29) is 11.7 Å². The summed E-state index contributed by atoms with van der Waals surface area (Å²) in [6, 6.07) is 19.6. The summed E-state index contributed by atoms with van der Waals surface area (Å²) in [7, 11) is 0. The zero-order valence-electron chi connectivity index (χ0n) is 17.4. The quantitative estimate of drug-likeness (QED) is 0.431. The van der Waals surface area contributed by atoms with E-state index in [0.717, 1.165) is 34.1 Å².